The molecule has 1 aromatic rings. The van der Waals surface area contributed by atoms with Gasteiger partial charge in [0.05, 0.1) is 17.9 Å². The summed E-state index contributed by atoms with van der Waals surface area (Å²) in [6.07, 6.45) is -1.40. The van der Waals surface area contributed by atoms with Crippen molar-refractivity contribution in [2.24, 2.45) is 0 Å². The summed E-state index contributed by atoms with van der Waals surface area (Å²) in [5, 5.41) is 8.49. The molecule has 0 saturated carbocycles. The Morgan fingerprint density at radius 2 is 1.72 bits per heavy atom. The maximum absolute atomic E-state index is 11.9. The Bertz CT molecular complexity index is 754. The normalized spacial score (nSPS) is 13.8. The van der Waals surface area contributed by atoms with Gasteiger partial charge < -0.3 is 14.7 Å². The van der Waals surface area contributed by atoms with E-state index in [1.165, 1.54) is 6.92 Å². The third kappa shape index (κ3) is 8.81. The van der Waals surface area contributed by atoms with Crippen LogP contribution in [0.15, 0.2) is 24.3 Å². The van der Waals surface area contributed by atoms with Gasteiger partial charge in [-0.3, -0.25) is 14.2 Å². The van der Waals surface area contributed by atoms with Crippen LogP contribution in [0, 0.1) is 0 Å². The van der Waals surface area contributed by atoms with Crippen molar-refractivity contribution >= 4 is 29.0 Å². The maximum Gasteiger partial charge on any atom is 0.303 e. The molecule has 0 amide bonds. The number of benzene rings is 1. The molecule has 1 rings (SSSR count). The van der Waals surface area contributed by atoms with Gasteiger partial charge in [0, 0.05) is 17.9 Å². The molecular formula is C15H21O8PS. The van der Waals surface area contributed by atoms with Gasteiger partial charge in [-0.15, -0.1) is 0 Å². The Kier molecular flexibility index (Phi) is 7.79. The summed E-state index contributed by atoms with van der Waals surface area (Å²) in [7, 11) is -7.38. The van der Waals surface area contributed by atoms with Crippen LogP contribution in [0.3, 0.4) is 0 Å². The minimum absolute atomic E-state index is 0.0922. The van der Waals surface area contributed by atoms with Crippen LogP contribution in [0.4, 0.5) is 0 Å². The summed E-state index contributed by atoms with van der Waals surface area (Å²) in [5.41, 5.74) is 0.514. The fraction of sp³-hybridized carbons (Fsp3) is 0.467. The van der Waals surface area contributed by atoms with Gasteiger partial charge in [0.25, 0.3) is 0 Å². The van der Waals surface area contributed by atoms with Crippen molar-refractivity contribution in [2.45, 2.75) is 13.3 Å². The van der Waals surface area contributed by atoms with E-state index in [1.807, 2.05) is 0 Å². The zero-order chi connectivity index (χ0) is 19.1. The molecule has 1 unspecified atom stereocenters. The van der Waals surface area contributed by atoms with Gasteiger partial charge in [-0.05, 0) is 31.2 Å². The summed E-state index contributed by atoms with van der Waals surface area (Å²) in [6, 6.07) is 6.24. The quantitative estimate of drug-likeness (QED) is 0.426. The van der Waals surface area contributed by atoms with E-state index in [0.717, 1.165) is 0 Å². The van der Waals surface area contributed by atoms with Crippen LogP contribution >= 0.6 is 7.37 Å². The van der Waals surface area contributed by atoms with Crippen LogP contribution in [0.2, 0.25) is 0 Å². The molecule has 0 fully saturated rings. The molecule has 0 aromatic heterocycles. The van der Waals surface area contributed by atoms with Crippen molar-refractivity contribution in [2.75, 3.05) is 30.4 Å². The maximum atomic E-state index is 11.9. The number of carbonyl (C=O) groups excluding carboxylic acids is 1. The molecular weight excluding hydrogens is 371 g/mol. The lowest BCUT2D eigenvalue weighted by molar-refractivity contribution is -0.136. The Labute approximate surface area is 146 Å². The number of hydrogen-bond donors (Lipinski definition) is 2. The Balaban J connectivity index is 2.43. The smallest absolute Gasteiger partial charge is 0.303 e. The number of carboxylic acids is 1. The molecule has 0 saturated heterocycles. The highest BCUT2D eigenvalue weighted by Gasteiger charge is 2.23. The van der Waals surface area contributed by atoms with E-state index in [-0.39, 0.29) is 18.1 Å². The number of hydrogen-bond acceptors (Lipinski definition) is 6. The highest BCUT2D eigenvalue weighted by molar-refractivity contribution is 7.91. The van der Waals surface area contributed by atoms with E-state index in [1.54, 1.807) is 24.3 Å². The molecule has 0 aliphatic rings. The molecule has 8 nitrogen and oxygen atoms in total. The van der Waals surface area contributed by atoms with Gasteiger partial charge in [-0.25, -0.2) is 8.42 Å². The lowest BCUT2D eigenvalue weighted by Gasteiger charge is -2.11. The highest BCUT2D eigenvalue weighted by atomic mass is 32.2. The Hall–Kier alpha value is -1.70. The largest absolute Gasteiger partial charge is 0.493 e. The fourth-order valence-corrected chi connectivity index (χ4v) is 5.40. The van der Waals surface area contributed by atoms with Gasteiger partial charge in [0.1, 0.15) is 12.4 Å². The number of Topliss-reactive ketones (excluding diaryl/α,β-unsaturated/α-hetero) is 1. The predicted octanol–water partition coefficient (Wildman–Crippen LogP) is 1.43. The monoisotopic (exact) mass is 392 g/mol. The summed E-state index contributed by atoms with van der Waals surface area (Å²) in [4.78, 5) is 31.1. The molecule has 25 heavy (non-hydrogen) atoms. The van der Waals surface area contributed by atoms with Crippen LogP contribution in [0.25, 0.3) is 0 Å². The molecule has 1 aromatic carbocycles. The second-order valence-corrected chi connectivity index (χ2v) is 10.4. The van der Waals surface area contributed by atoms with E-state index in [2.05, 4.69) is 0 Å². The number of sulfone groups is 1. The van der Waals surface area contributed by atoms with Crippen molar-refractivity contribution in [1.82, 2.24) is 0 Å². The second kappa shape index (κ2) is 9.12. The lowest BCUT2D eigenvalue weighted by Crippen LogP contribution is -2.20. The van der Waals surface area contributed by atoms with Crippen LogP contribution in [-0.4, -0.2) is 60.6 Å². The molecule has 140 valence electrons. The third-order valence-corrected chi connectivity index (χ3v) is 7.11. The first-order chi connectivity index (χ1) is 11.5. The van der Waals surface area contributed by atoms with Gasteiger partial charge >= 0.3 is 5.97 Å². The molecule has 0 radical (unpaired) electrons. The Morgan fingerprint density at radius 3 is 2.24 bits per heavy atom. The highest BCUT2D eigenvalue weighted by Crippen LogP contribution is 2.40. The number of ketones is 1. The first-order valence-electron chi connectivity index (χ1n) is 7.48. The van der Waals surface area contributed by atoms with E-state index < -0.39 is 47.7 Å². The van der Waals surface area contributed by atoms with Gasteiger partial charge in [-0.2, -0.15) is 0 Å². The third-order valence-electron chi connectivity index (χ3n) is 3.35. The number of carbonyl (C=O) groups is 2. The van der Waals surface area contributed by atoms with E-state index >= 15 is 0 Å². The van der Waals surface area contributed by atoms with Crippen molar-refractivity contribution < 1.29 is 37.3 Å². The number of rotatable bonds is 11. The second-order valence-electron chi connectivity index (χ2n) is 5.52. The van der Waals surface area contributed by atoms with E-state index in [0.29, 0.717) is 11.3 Å². The first kappa shape index (κ1) is 21.3. The predicted molar refractivity (Wildman–Crippen MR) is 92.4 cm³/mol. The summed E-state index contributed by atoms with van der Waals surface area (Å²) in [6.45, 7) is 1.30. The zero-order valence-electron chi connectivity index (χ0n) is 13.8. The molecule has 2 N–H and O–H groups in total. The molecule has 10 heteroatoms. The molecule has 1 atom stereocenters. The molecule has 0 aliphatic heterocycles. The minimum Gasteiger partial charge on any atom is -0.493 e. The van der Waals surface area contributed by atoms with Crippen molar-refractivity contribution in [3.63, 3.8) is 0 Å². The van der Waals surface area contributed by atoms with Crippen LogP contribution in [0.5, 0.6) is 5.75 Å². The topological polar surface area (TPSA) is 135 Å². The molecule has 0 bridgehead atoms. The van der Waals surface area contributed by atoms with Crippen molar-refractivity contribution in [3.05, 3.63) is 29.8 Å². The van der Waals surface area contributed by atoms with E-state index in [9.17, 15) is 27.5 Å². The molecule has 0 spiro atoms. The number of carboxylic acid groups (broad SMARTS) is 1. The first-order valence-corrected chi connectivity index (χ1v) is 11.3. The van der Waals surface area contributed by atoms with Gasteiger partial charge in [0.15, 0.2) is 15.6 Å². The Morgan fingerprint density at radius 1 is 1.12 bits per heavy atom. The van der Waals surface area contributed by atoms with Crippen LogP contribution in [-0.2, 0) is 19.2 Å². The SMILES string of the molecule is CC(=O)c1ccc(OCCS(=O)(=O)CCP(=O)(O)CCC(=O)O)cc1. The van der Waals surface area contributed by atoms with Gasteiger partial charge in [0.2, 0.25) is 7.37 Å². The van der Waals surface area contributed by atoms with Crippen molar-refractivity contribution in [3.8, 4) is 5.75 Å². The summed E-state index contributed by atoms with van der Waals surface area (Å²) < 4.78 is 40.8. The van der Waals surface area contributed by atoms with E-state index in [4.69, 9.17) is 9.84 Å². The number of aliphatic carboxylic acids is 1. The molecule has 0 heterocycles. The minimum atomic E-state index is -3.78. The van der Waals surface area contributed by atoms with Crippen LogP contribution < -0.4 is 4.74 Å². The molecule has 0 aliphatic carbocycles. The number of ether oxygens (including phenoxy) is 1. The van der Waals surface area contributed by atoms with Crippen molar-refractivity contribution in [1.29, 1.82) is 0 Å². The fourth-order valence-electron chi connectivity index (χ4n) is 1.84. The summed E-state index contributed by atoms with van der Waals surface area (Å²) >= 11 is 0. The van der Waals surface area contributed by atoms with Gasteiger partial charge in [-0.1, -0.05) is 0 Å². The van der Waals surface area contributed by atoms with Crippen LogP contribution in [0.1, 0.15) is 23.7 Å². The average Bonchev–Trinajstić information content (AvgIpc) is 2.52. The standard InChI is InChI=1S/C15H21O8PS/c1-12(16)13-2-4-14(5-3-13)23-7-10-25(21,22)11-9-24(19,20)8-6-15(17)18/h2-5H,6-11H2,1H3,(H,17,18)(H,19,20). The zero-order valence-corrected chi connectivity index (χ0v) is 15.5. The summed E-state index contributed by atoms with van der Waals surface area (Å²) in [5.74, 6) is -1.73. The average molecular weight is 392 g/mol. The lowest BCUT2D eigenvalue weighted by atomic mass is 10.1.